The van der Waals surface area contributed by atoms with Crippen LogP contribution in [0.1, 0.15) is 11.4 Å². The lowest BCUT2D eigenvalue weighted by molar-refractivity contribution is -0.274. The van der Waals surface area contributed by atoms with Gasteiger partial charge in [0.05, 0.1) is 11.9 Å². The lowest BCUT2D eigenvalue weighted by Crippen LogP contribution is -2.17. The smallest absolute Gasteiger partial charge is 0.406 e. The van der Waals surface area contributed by atoms with E-state index in [1.165, 1.54) is 24.5 Å². The maximum Gasteiger partial charge on any atom is 0.573 e. The van der Waals surface area contributed by atoms with E-state index in [4.69, 9.17) is 0 Å². The highest BCUT2D eigenvalue weighted by molar-refractivity contribution is 9.09. The number of benzene rings is 1. The third-order valence-corrected chi connectivity index (χ3v) is 3.61. The van der Waals surface area contributed by atoms with Gasteiger partial charge >= 0.3 is 11.2 Å². The van der Waals surface area contributed by atoms with Crippen LogP contribution < -0.4 is 4.74 Å². The zero-order valence-electron chi connectivity index (χ0n) is 12.4. The first-order chi connectivity index (χ1) is 11.5. The van der Waals surface area contributed by atoms with E-state index in [1.807, 2.05) is 0 Å². The third-order valence-electron chi connectivity index (χ3n) is 3.25. The molecule has 132 valence electrons. The second-order valence-electron chi connectivity index (χ2n) is 5.05. The summed E-state index contributed by atoms with van der Waals surface area (Å²) in [7, 11) is 0. The molecule has 0 aliphatic rings. The number of alkyl halides is 6. The molecule has 0 saturated carbocycles. The molecule has 0 N–H and O–H groups in total. The van der Waals surface area contributed by atoms with E-state index in [0.717, 1.165) is 10.5 Å². The Morgan fingerprint density at radius 1 is 1.12 bits per heavy atom. The van der Waals surface area contributed by atoms with Crippen molar-refractivity contribution in [3.63, 3.8) is 0 Å². The minimum absolute atomic E-state index is 0.104. The molecule has 0 atom stereocenters. The van der Waals surface area contributed by atoms with Crippen LogP contribution in [-0.4, -0.2) is 25.9 Å². The number of aryl methyl sites for hydroxylation is 1. The second-order valence-corrected chi connectivity index (χ2v) is 6.04. The van der Waals surface area contributed by atoms with Gasteiger partial charge in [-0.2, -0.15) is 8.78 Å². The molecular weight excluding hydrogens is 415 g/mol. The van der Waals surface area contributed by atoms with Crippen LogP contribution in [0.4, 0.5) is 22.0 Å². The number of hydrogen-bond acceptors (Lipinski definition) is 4. The van der Waals surface area contributed by atoms with E-state index in [1.54, 1.807) is 6.92 Å². The van der Waals surface area contributed by atoms with Gasteiger partial charge < -0.3 is 4.74 Å². The van der Waals surface area contributed by atoms with Crippen molar-refractivity contribution in [2.24, 2.45) is 0 Å². The molecule has 0 unspecified atom stereocenters. The zero-order chi connectivity index (χ0) is 18.4. The van der Waals surface area contributed by atoms with Gasteiger partial charge in [0.25, 0.3) is 0 Å². The highest BCUT2D eigenvalue weighted by Gasteiger charge is 2.34. The maximum atomic E-state index is 13.5. The Labute approximate surface area is 145 Å². The third kappa shape index (κ3) is 3.70. The van der Waals surface area contributed by atoms with E-state index in [-0.39, 0.29) is 17.1 Å². The molecule has 0 amide bonds. The van der Waals surface area contributed by atoms with Crippen molar-refractivity contribution in [2.75, 3.05) is 0 Å². The van der Waals surface area contributed by atoms with Gasteiger partial charge in [-0.15, -0.1) is 23.4 Å². The Balaban J connectivity index is 2.04. The van der Waals surface area contributed by atoms with Crippen molar-refractivity contribution in [3.8, 4) is 17.0 Å². The molecule has 0 aliphatic carbocycles. The minimum atomic E-state index is -4.80. The fourth-order valence-electron chi connectivity index (χ4n) is 2.25. The van der Waals surface area contributed by atoms with Crippen LogP contribution in [0.3, 0.4) is 0 Å². The summed E-state index contributed by atoms with van der Waals surface area (Å²) in [5.74, 6) is -1.02. The van der Waals surface area contributed by atoms with E-state index >= 15 is 0 Å². The number of nitrogens with zero attached hydrogens (tertiary/aromatic N) is 4. The van der Waals surface area contributed by atoms with Gasteiger partial charge in [-0.25, -0.2) is 0 Å². The average molecular weight is 423 g/mol. The molecule has 1 aromatic carbocycles. The van der Waals surface area contributed by atoms with Gasteiger partial charge in [-0.3, -0.25) is 9.38 Å². The number of aromatic nitrogens is 4. The first-order valence-corrected chi connectivity index (χ1v) is 7.48. The molecule has 2 aromatic heterocycles. The molecule has 2 heterocycles. The first kappa shape index (κ1) is 17.5. The number of hydrogen-bond donors (Lipinski definition) is 0. The summed E-state index contributed by atoms with van der Waals surface area (Å²) in [5.41, 5.74) is 1.25. The average Bonchev–Trinajstić information content (AvgIpc) is 2.88. The van der Waals surface area contributed by atoms with Crippen molar-refractivity contribution < 1.29 is 26.7 Å². The SMILES string of the molecule is Cc1cc(OC(F)(F)F)ccc1-c1cn2c(C(F)(F)Br)nnc2cn1. The van der Waals surface area contributed by atoms with Gasteiger partial charge in [0, 0.05) is 11.8 Å². The number of rotatable bonds is 3. The number of fused-ring (bicyclic) bond motifs is 1. The minimum Gasteiger partial charge on any atom is -0.406 e. The lowest BCUT2D eigenvalue weighted by Gasteiger charge is -2.12. The van der Waals surface area contributed by atoms with Crippen LogP contribution in [0.25, 0.3) is 16.9 Å². The maximum absolute atomic E-state index is 13.5. The molecule has 25 heavy (non-hydrogen) atoms. The summed E-state index contributed by atoms with van der Waals surface area (Å²) in [5, 5.41) is 7.00. The summed E-state index contributed by atoms with van der Waals surface area (Å²) in [6, 6.07) is 3.66. The highest BCUT2D eigenvalue weighted by Crippen LogP contribution is 2.34. The van der Waals surface area contributed by atoms with Crippen LogP contribution in [0.5, 0.6) is 5.75 Å². The van der Waals surface area contributed by atoms with Crippen molar-refractivity contribution in [1.82, 2.24) is 19.6 Å². The van der Waals surface area contributed by atoms with Gasteiger partial charge in [0.1, 0.15) is 5.75 Å². The summed E-state index contributed by atoms with van der Waals surface area (Å²) in [4.78, 5) is 0.693. The van der Waals surface area contributed by atoms with E-state index in [0.29, 0.717) is 11.1 Å². The molecular formula is C14H8BrF5N4O. The predicted octanol–water partition coefficient (Wildman–Crippen LogP) is 4.44. The highest BCUT2D eigenvalue weighted by atomic mass is 79.9. The topological polar surface area (TPSA) is 52.3 Å². The first-order valence-electron chi connectivity index (χ1n) is 6.69. The van der Waals surface area contributed by atoms with Crippen LogP contribution in [0.15, 0.2) is 30.6 Å². The van der Waals surface area contributed by atoms with Crippen LogP contribution in [0, 0.1) is 6.92 Å². The normalized spacial score (nSPS) is 12.6. The van der Waals surface area contributed by atoms with Crippen molar-refractivity contribution in [2.45, 2.75) is 18.1 Å². The quantitative estimate of drug-likeness (QED) is 0.462. The molecule has 0 bridgehead atoms. The Kier molecular flexibility index (Phi) is 4.13. The fraction of sp³-hybridized carbons (Fsp3) is 0.214. The summed E-state index contributed by atoms with van der Waals surface area (Å²) in [6.07, 6.45) is -2.28. The predicted molar refractivity (Wildman–Crippen MR) is 80.5 cm³/mol. The molecule has 0 aliphatic heterocycles. The number of halogens is 6. The van der Waals surface area contributed by atoms with Gasteiger partial charge in [-0.05, 0) is 46.6 Å². The molecule has 3 rings (SSSR count). The number of ether oxygens (including phenoxy) is 1. The van der Waals surface area contributed by atoms with Gasteiger partial charge in [-0.1, -0.05) is 0 Å². The van der Waals surface area contributed by atoms with Crippen LogP contribution >= 0.6 is 15.9 Å². The summed E-state index contributed by atoms with van der Waals surface area (Å²) in [6.45, 7) is 1.55. The molecule has 3 aromatic rings. The monoisotopic (exact) mass is 422 g/mol. The summed E-state index contributed by atoms with van der Waals surface area (Å²) >= 11 is 2.22. The summed E-state index contributed by atoms with van der Waals surface area (Å²) < 4.78 is 68.7. The van der Waals surface area contributed by atoms with E-state index in [9.17, 15) is 22.0 Å². The largest absolute Gasteiger partial charge is 0.573 e. The fourth-order valence-corrected chi connectivity index (χ4v) is 2.53. The standard InChI is InChI=1S/C14H8BrF5N4O/c1-7-4-8(25-14(18,19)20)2-3-9(7)10-6-24-11(5-21-10)22-23-12(24)13(15,16)17/h2-6H,1H3. The van der Waals surface area contributed by atoms with Crippen molar-refractivity contribution in [3.05, 3.63) is 42.0 Å². The Hall–Kier alpha value is -2.30. The molecule has 0 spiro atoms. The zero-order valence-corrected chi connectivity index (χ0v) is 13.9. The second kappa shape index (κ2) is 5.90. The van der Waals surface area contributed by atoms with Gasteiger partial charge in [0.15, 0.2) is 5.65 Å². The molecule has 0 radical (unpaired) electrons. The van der Waals surface area contributed by atoms with Crippen molar-refractivity contribution in [1.29, 1.82) is 0 Å². The van der Waals surface area contributed by atoms with E-state index in [2.05, 4.69) is 35.8 Å². The lowest BCUT2D eigenvalue weighted by atomic mass is 10.1. The molecule has 11 heteroatoms. The molecule has 5 nitrogen and oxygen atoms in total. The van der Waals surface area contributed by atoms with Crippen LogP contribution in [0.2, 0.25) is 0 Å². The Morgan fingerprint density at radius 2 is 1.84 bits per heavy atom. The molecule has 0 fully saturated rings. The Bertz CT molecular complexity index is 935. The van der Waals surface area contributed by atoms with Crippen LogP contribution in [-0.2, 0) is 4.83 Å². The Morgan fingerprint density at radius 3 is 2.44 bits per heavy atom. The molecule has 0 saturated heterocycles. The van der Waals surface area contributed by atoms with E-state index < -0.39 is 17.0 Å². The van der Waals surface area contributed by atoms with Crippen molar-refractivity contribution >= 4 is 21.6 Å². The van der Waals surface area contributed by atoms with Gasteiger partial charge in [0.2, 0.25) is 5.82 Å².